The number of carbonyl (C=O) groups excluding carboxylic acids is 4. The van der Waals surface area contributed by atoms with E-state index in [0.717, 1.165) is 0 Å². The van der Waals surface area contributed by atoms with Gasteiger partial charge in [0.25, 0.3) is 22.5 Å². The second-order valence-electron chi connectivity index (χ2n) is 29.6. The van der Waals surface area contributed by atoms with Gasteiger partial charge in [0, 0.05) is 12.8 Å². The Morgan fingerprint density at radius 2 is 0.679 bits per heavy atom. The van der Waals surface area contributed by atoms with Crippen LogP contribution in [0.3, 0.4) is 0 Å². The summed E-state index contributed by atoms with van der Waals surface area (Å²) in [6.07, 6.45) is -17.1. The third-order valence-corrected chi connectivity index (χ3v) is 24.2. The van der Waals surface area contributed by atoms with Crippen LogP contribution < -0.4 is 15.8 Å². The molecule has 8 bridgehead atoms. The van der Waals surface area contributed by atoms with Crippen molar-refractivity contribution in [2.45, 2.75) is 292 Å². The molecule has 11 aliphatic carbocycles. The standard InChI is InChI=1S/C19H17F13O6S.C14H5F17O6S.C13H16F8O6S.C9H3F13O5S.4CH4/c20-13(15(23,24)17(27,28)19(31,32)18(29,30)16(13,25)26)7-35-11-2-8-1-9(3-11)5-12(4-8,6-11)36-10(33)14(21,22)39-38-37-34;15-4(16,38(33,34)35)3(32)36-1-2-37-8-12(26,27)5(17)9(20,21)6(18,13(8,28)29)11(24,25)7(19,10(5,22)23)14(8,30)31;14-11(15,28-27-26-24)9(22)25-8(7-4-2-1-3-5-7)6-10(23,12(16,17)18)13(19,20)21;10-3(1-25-2(23)4(11,12)28-27-26-24)5(13,14)7(17,18)9(21,22)8(19,20)6(3,15)16;;;;/h8-9,34H,1-7H2;1-2H2,(H,33,34,35);7-8,23-24H,1-6H2;24H,1H2;4*1H4/p-2. The molecule has 3 unspecified atom stereocenters. The molecule has 3 N–H and O–H groups in total. The van der Waals surface area contributed by atoms with Gasteiger partial charge in [0.1, 0.15) is 61.0 Å². The molecule has 0 aromatic carbocycles. The van der Waals surface area contributed by atoms with Crippen molar-refractivity contribution in [1.29, 1.82) is 0 Å². The zero-order valence-corrected chi connectivity index (χ0v) is 64.8. The highest BCUT2D eigenvalue weighted by Gasteiger charge is 3.23. The Morgan fingerprint density at radius 3 is 0.993 bits per heavy atom. The van der Waals surface area contributed by atoms with E-state index in [1.54, 1.807) is 0 Å². The first-order chi connectivity index (χ1) is 58.7. The second-order valence-corrected chi connectivity index (χ2v) is 33.6. The van der Waals surface area contributed by atoms with Crippen molar-refractivity contribution in [2.75, 3.05) is 26.4 Å². The molecular formula is C59H55F51O23S4-2. The zero-order chi connectivity index (χ0) is 105. The molecule has 23 nitrogen and oxygen atoms in total. The molecule has 0 heterocycles. The van der Waals surface area contributed by atoms with E-state index in [-0.39, 0.29) is 74.7 Å². The Balaban J connectivity index is 0.000000619. The van der Waals surface area contributed by atoms with E-state index in [9.17, 15) is 268 Å². The Bertz CT molecular complexity index is 4180. The van der Waals surface area contributed by atoms with Gasteiger partial charge in [-0.3, -0.25) is 15.1 Å². The Labute approximate surface area is 738 Å². The second kappa shape index (κ2) is 37.7. The maximum atomic E-state index is 15.2. The summed E-state index contributed by atoms with van der Waals surface area (Å²) in [5.41, 5.74) is -53.6. The van der Waals surface area contributed by atoms with E-state index in [0.29, 0.717) is 19.3 Å². The highest BCUT2D eigenvalue weighted by molar-refractivity contribution is 7.96. The molecule has 0 radical (unpaired) electrons. The van der Waals surface area contributed by atoms with Crippen molar-refractivity contribution >= 4 is 70.1 Å². The molecule has 78 heteroatoms. The summed E-state index contributed by atoms with van der Waals surface area (Å²) in [6, 6.07) is 0. The van der Waals surface area contributed by atoms with Gasteiger partial charge < -0.3 is 53.9 Å². The van der Waals surface area contributed by atoms with Gasteiger partial charge in [-0.2, -0.15) is 215 Å². The van der Waals surface area contributed by atoms with E-state index in [4.69, 9.17) is 14.0 Å². The van der Waals surface area contributed by atoms with Gasteiger partial charge in [-0.15, -0.1) is 8.42 Å². The molecule has 0 aliphatic heterocycles. The van der Waals surface area contributed by atoms with Crippen LogP contribution in [0, 0.1) is 17.8 Å². The molecule has 0 spiro atoms. The van der Waals surface area contributed by atoms with Crippen molar-refractivity contribution in [3.05, 3.63) is 0 Å². The minimum Gasteiger partial charge on any atom is -0.691 e. The molecule has 0 aromatic rings. The molecule has 0 saturated heterocycles. The van der Waals surface area contributed by atoms with E-state index in [1.165, 1.54) is 0 Å². The lowest BCUT2D eigenvalue weighted by Gasteiger charge is -2.74. The van der Waals surface area contributed by atoms with Crippen LogP contribution in [0.25, 0.3) is 0 Å². The fourth-order valence-electron chi connectivity index (χ4n) is 15.6. The first kappa shape index (κ1) is 128. The van der Waals surface area contributed by atoms with Crippen LogP contribution in [0.2, 0.25) is 0 Å². The lowest BCUT2D eigenvalue weighted by molar-refractivity contribution is -0.777. The van der Waals surface area contributed by atoms with Gasteiger partial charge >= 0.3 is 179 Å². The largest absolute Gasteiger partial charge is 0.691 e. The lowest BCUT2D eigenvalue weighted by atomic mass is 9.40. The van der Waals surface area contributed by atoms with E-state index < -0.39 is 312 Å². The number of aliphatic hydroxyl groups is 1. The summed E-state index contributed by atoms with van der Waals surface area (Å²) >= 11 is -3.78. The maximum Gasteiger partial charge on any atom is 0.512 e. The molecule has 11 aliphatic rings. The Morgan fingerprint density at radius 1 is 0.380 bits per heavy atom. The molecule has 137 heavy (non-hydrogen) atoms. The van der Waals surface area contributed by atoms with Gasteiger partial charge in [-0.05, 0) is 62.7 Å². The van der Waals surface area contributed by atoms with Crippen LogP contribution in [0.4, 0.5) is 224 Å². The van der Waals surface area contributed by atoms with E-state index >= 15 is 4.39 Å². The van der Waals surface area contributed by atoms with Gasteiger partial charge in [0.15, 0.2) is 0 Å². The average molecular weight is 2230 g/mol. The SMILES string of the molecule is C.C.C.C.O=C(OC(CC(O)(C(F)(F)F)C(F)(F)F)C1CCCCC1)C(F)(F)SOO[O-].O=C(OC12CC3CC(CC(OCC4(F)C(F)(F)C(F)(F)C(F)(F)C(F)(F)C4(F)F)(C3)C1)C2)C(F)(F)SOO[O-].O=C(OCC1(F)C(F)(F)C(F)(F)C(F)(F)C(F)(F)C1(F)F)C(F)(F)SOO[O-].O=C(OCCOC12C(F)(F)C3(F)C(F)(F)C(F)(C(F)(F)C(F)(C3(F)F)C1(F)F)C2(F)F)C(F)(F)S(=O)(=O)[OH2+]. The zero-order valence-electron chi connectivity index (χ0n) is 61.6. The predicted octanol–water partition coefficient (Wildman–Crippen LogP) is 16.5. The van der Waals surface area contributed by atoms with E-state index in [2.05, 4.69) is 47.1 Å². The smallest absolute Gasteiger partial charge is 0.512 e. The summed E-state index contributed by atoms with van der Waals surface area (Å²) in [5.74, 6) is -135. The molecule has 3 atom stereocenters. The summed E-state index contributed by atoms with van der Waals surface area (Å²) in [7, 11) is -6.45. The van der Waals surface area contributed by atoms with E-state index in [1.807, 2.05) is 0 Å². The molecule has 11 fully saturated rings. The third-order valence-electron chi connectivity index (χ3n) is 21.9. The number of carbonyl (C=O) groups is 4. The number of hydrogen-bond donors (Lipinski definition) is 1. The van der Waals surface area contributed by atoms with Crippen LogP contribution in [0.1, 0.15) is 107 Å². The number of alkyl halides is 51. The van der Waals surface area contributed by atoms with Gasteiger partial charge in [0.2, 0.25) is 0 Å². The van der Waals surface area contributed by atoms with Crippen molar-refractivity contribution in [1.82, 2.24) is 0 Å². The molecular weight excluding hydrogens is 2170 g/mol. The van der Waals surface area contributed by atoms with Gasteiger partial charge in [-0.25, -0.2) is 41.1 Å². The number of hydrogen-bond acceptors (Lipinski definition) is 25. The lowest BCUT2D eigenvalue weighted by Crippen LogP contribution is -3.10. The summed E-state index contributed by atoms with van der Waals surface area (Å²) in [4.78, 5) is 45.4. The minimum atomic E-state index is -8.06. The molecule has 11 saturated carbocycles. The highest BCUT2D eigenvalue weighted by atomic mass is 32.2. The van der Waals surface area contributed by atoms with Crippen molar-refractivity contribution in [3.63, 3.8) is 0 Å². The van der Waals surface area contributed by atoms with Crippen LogP contribution >= 0.6 is 36.1 Å². The van der Waals surface area contributed by atoms with Crippen LogP contribution in [-0.2, 0) is 85.8 Å². The Kier molecular flexibility index (Phi) is 35.2. The van der Waals surface area contributed by atoms with Crippen molar-refractivity contribution in [3.8, 4) is 0 Å². The number of esters is 4. The highest BCUT2D eigenvalue weighted by Crippen LogP contribution is 2.89. The molecule has 0 aromatic heterocycles. The first-order valence-corrected chi connectivity index (χ1v) is 37.2. The number of halogens is 51. The first-order valence-electron chi connectivity index (χ1n) is 33.5. The molecule has 11 rings (SSSR count). The van der Waals surface area contributed by atoms with Crippen molar-refractivity contribution in [2.24, 2.45) is 17.8 Å². The third kappa shape index (κ3) is 17.3. The van der Waals surface area contributed by atoms with Gasteiger partial charge in [0.05, 0.1) is 18.8 Å². The van der Waals surface area contributed by atoms with Crippen LogP contribution in [0.5, 0.6) is 0 Å². The fraction of sp³-hybridized carbons (Fsp3) is 0.932. The maximum absolute atomic E-state index is 15.2. The van der Waals surface area contributed by atoms with Gasteiger partial charge in [-0.1, -0.05) is 49.0 Å². The molecule has 0 amide bonds. The monoisotopic (exact) mass is 2230 g/mol. The number of rotatable bonds is 28. The number of ether oxygens (including phenoxy) is 6. The van der Waals surface area contributed by atoms with Crippen LogP contribution in [0.15, 0.2) is 0 Å². The van der Waals surface area contributed by atoms with Crippen molar-refractivity contribution < 1.29 is 333 Å². The minimum absolute atomic E-state index is 0. The fourth-order valence-corrected chi connectivity index (χ4v) is 16.6. The van der Waals surface area contributed by atoms with Crippen LogP contribution in [-0.4, -0.2) is 253 Å². The topological polar surface area (TPSA) is 325 Å². The summed E-state index contributed by atoms with van der Waals surface area (Å²) < 4.78 is 763. The normalized spacial score (nSPS) is 31.6. The predicted molar refractivity (Wildman–Crippen MR) is 328 cm³/mol. The average Bonchev–Trinajstić information content (AvgIpc) is 0.584. The molecule has 812 valence electrons. The summed E-state index contributed by atoms with van der Waals surface area (Å²) in [6.45, 7) is -11.9. The summed E-state index contributed by atoms with van der Waals surface area (Å²) in [5, 5.41) is 25.3. The Hall–Kier alpha value is -5.21. The quantitative estimate of drug-likeness (QED) is 0.0111.